The molecule has 0 saturated carbocycles. The van der Waals surface area contributed by atoms with Crippen molar-refractivity contribution in [2.75, 3.05) is 6.54 Å². The molecule has 12 heavy (non-hydrogen) atoms. The first-order valence-electron chi connectivity index (χ1n) is 3.11. The quantitative estimate of drug-likeness (QED) is 0.430. The maximum atomic E-state index is 11.7. The summed E-state index contributed by atoms with van der Waals surface area (Å²) in [5.74, 6) is -0.911. The van der Waals surface area contributed by atoms with Crippen molar-refractivity contribution in [3.63, 3.8) is 0 Å². The third-order valence-electron chi connectivity index (χ3n) is 1.18. The lowest BCUT2D eigenvalue weighted by atomic mass is 10.3. The van der Waals surface area contributed by atoms with Gasteiger partial charge in [-0.05, 0) is 6.92 Å². The van der Waals surface area contributed by atoms with Crippen LogP contribution in [0.2, 0.25) is 0 Å². The van der Waals surface area contributed by atoms with E-state index in [-0.39, 0.29) is 0 Å². The smallest absolute Gasteiger partial charge is 0.298 e. The SMILES string of the molecule is CC(NCC(=O)NO)C(F)(F)F. The van der Waals surface area contributed by atoms with Gasteiger partial charge in [0.2, 0.25) is 0 Å². The molecule has 0 bridgehead atoms. The van der Waals surface area contributed by atoms with Gasteiger partial charge in [0, 0.05) is 0 Å². The highest BCUT2D eigenvalue weighted by Crippen LogP contribution is 2.18. The van der Waals surface area contributed by atoms with E-state index < -0.39 is 24.7 Å². The monoisotopic (exact) mass is 186 g/mol. The lowest BCUT2D eigenvalue weighted by molar-refractivity contribution is -0.152. The Labute approximate surface area is 66.7 Å². The Balaban J connectivity index is 3.72. The Hall–Kier alpha value is -0.820. The summed E-state index contributed by atoms with van der Waals surface area (Å²) in [6.45, 7) is 0.307. The molecular formula is C5H9F3N2O2. The first-order chi connectivity index (χ1) is 5.38. The van der Waals surface area contributed by atoms with Gasteiger partial charge in [0.1, 0.15) is 6.04 Å². The van der Waals surface area contributed by atoms with Crippen LogP contribution in [0.5, 0.6) is 0 Å². The summed E-state index contributed by atoms with van der Waals surface area (Å²) in [7, 11) is 0. The molecule has 1 amide bonds. The fourth-order valence-electron chi connectivity index (χ4n) is 0.401. The molecule has 0 aromatic rings. The molecular weight excluding hydrogens is 177 g/mol. The Morgan fingerprint density at radius 2 is 2.08 bits per heavy atom. The van der Waals surface area contributed by atoms with Gasteiger partial charge in [-0.15, -0.1) is 0 Å². The Bertz CT molecular complexity index is 159. The molecule has 0 radical (unpaired) electrons. The first-order valence-corrected chi connectivity index (χ1v) is 3.11. The van der Waals surface area contributed by atoms with E-state index >= 15 is 0 Å². The summed E-state index contributed by atoms with van der Waals surface area (Å²) in [5.41, 5.74) is 1.20. The number of nitrogens with one attached hydrogen (secondary N) is 2. The summed E-state index contributed by atoms with van der Waals surface area (Å²) >= 11 is 0. The van der Waals surface area contributed by atoms with Crippen LogP contribution < -0.4 is 10.8 Å². The molecule has 1 atom stereocenters. The zero-order valence-corrected chi connectivity index (χ0v) is 6.27. The number of hydroxylamine groups is 1. The highest BCUT2D eigenvalue weighted by Gasteiger charge is 2.35. The van der Waals surface area contributed by atoms with Crippen molar-refractivity contribution in [1.82, 2.24) is 10.8 Å². The van der Waals surface area contributed by atoms with Gasteiger partial charge in [-0.2, -0.15) is 13.2 Å². The van der Waals surface area contributed by atoms with Crippen LogP contribution >= 0.6 is 0 Å². The standard InChI is InChI=1S/C5H9F3N2O2/c1-3(5(6,7)8)9-2-4(11)10-12/h3,9,12H,2H2,1H3,(H,10,11). The first kappa shape index (κ1) is 11.2. The van der Waals surface area contributed by atoms with Crippen molar-refractivity contribution in [2.24, 2.45) is 0 Å². The van der Waals surface area contributed by atoms with E-state index in [0.29, 0.717) is 0 Å². The van der Waals surface area contributed by atoms with E-state index in [1.165, 1.54) is 5.48 Å². The number of alkyl halides is 3. The predicted octanol–water partition coefficient (Wildman–Crippen LogP) is 0.0322. The molecule has 0 aliphatic heterocycles. The van der Waals surface area contributed by atoms with Crippen LogP contribution in [0.3, 0.4) is 0 Å². The second-order valence-electron chi connectivity index (χ2n) is 2.18. The minimum absolute atomic E-state index is 0.572. The number of hydrogen-bond acceptors (Lipinski definition) is 3. The van der Waals surface area contributed by atoms with Gasteiger partial charge in [-0.1, -0.05) is 0 Å². The minimum atomic E-state index is -4.38. The molecule has 1 unspecified atom stereocenters. The van der Waals surface area contributed by atoms with Gasteiger partial charge in [-0.3, -0.25) is 15.3 Å². The molecule has 0 heterocycles. The van der Waals surface area contributed by atoms with Gasteiger partial charge < -0.3 is 0 Å². The molecule has 0 aliphatic carbocycles. The Morgan fingerprint density at radius 3 is 2.42 bits per heavy atom. The van der Waals surface area contributed by atoms with Gasteiger partial charge in [-0.25, -0.2) is 5.48 Å². The molecule has 0 aromatic carbocycles. The van der Waals surface area contributed by atoms with Gasteiger partial charge in [0.05, 0.1) is 6.54 Å². The topological polar surface area (TPSA) is 61.4 Å². The average molecular weight is 186 g/mol. The highest BCUT2D eigenvalue weighted by atomic mass is 19.4. The van der Waals surface area contributed by atoms with E-state index in [9.17, 15) is 18.0 Å². The average Bonchev–Trinajstić information content (AvgIpc) is 1.97. The number of halogens is 3. The third kappa shape index (κ3) is 4.14. The van der Waals surface area contributed by atoms with Crippen molar-refractivity contribution in [2.45, 2.75) is 19.1 Å². The molecule has 0 aromatic heterocycles. The fraction of sp³-hybridized carbons (Fsp3) is 0.800. The molecule has 7 heteroatoms. The van der Waals surface area contributed by atoms with Crippen LogP contribution in [0.15, 0.2) is 0 Å². The number of carbonyl (C=O) groups excluding carboxylic acids is 1. The molecule has 0 saturated heterocycles. The van der Waals surface area contributed by atoms with Gasteiger partial charge >= 0.3 is 6.18 Å². The van der Waals surface area contributed by atoms with E-state index in [1.807, 2.05) is 5.32 Å². The van der Waals surface area contributed by atoms with E-state index in [0.717, 1.165) is 6.92 Å². The van der Waals surface area contributed by atoms with Gasteiger partial charge in [0.25, 0.3) is 5.91 Å². The number of hydrogen-bond donors (Lipinski definition) is 3. The fourth-order valence-corrected chi connectivity index (χ4v) is 0.401. The molecule has 0 rings (SSSR count). The van der Waals surface area contributed by atoms with Crippen LogP contribution in [-0.4, -0.2) is 29.9 Å². The lowest BCUT2D eigenvalue weighted by Gasteiger charge is -2.15. The summed E-state index contributed by atoms with van der Waals surface area (Å²) in [5, 5.41) is 9.81. The van der Waals surface area contributed by atoms with Crippen molar-refractivity contribution < 1.29 is 23.2 Å². The molecule has 0 fully saturated rings. The maximum Gasteiger partial charge on any atom is 0.403 e. The number of rotatable bonds is 3. The third-order valence-corrected chi connectivity index (χ3v) is 1.18. The predicted molar refractivity (Wildman–Crippen MR) is 33.4 cm³/mol. The lowest BCUT2D eigenvalue weighted by Crippen LogP contribution is -2.44. The van der Waals surface area contributed by atoms with Crippen LogP contribution in [0.4, 0.5) is 13.2 Å². The number of amides is 1. The zero-order chi connectivity index (χ0) is 9.78. The molecule has 0 spiro atoms. The van der Waals surface area contributed by atoms with Crippen LogP contribution in [0.25, 0.3) is 0 Å². The van der Waals surface area contributed by atoms with Crippen LogP contribution in [0, 0.1) is 0 Å². The minimum Gasteiger partial charge on any atom is -0.298 e. The van der Waals surface area contributed by atoms with E-state index in [1.54, 1.807) is 0 Å². The van der Waals surface area contributed by atoms with Crippen molar-refractivity contribution in [3.8, 4) is 0 Å². The summed E-state index contributed by atoms with van der Waals surface area (Å²) in [4.78, 5) is 10.3. The van der Waals surface area contributed by atoms with Gasteiger partial charge in [0.15, 0.2) is 0 Å². The van der Waals surface area contributed by atoms with Crippen LogP contribution in [-0.2, 0) is 4.79 Å². The molecule has 72 valence electrons. The van der Waals surface area contributed by atoms with E-state index in [4.69, 9.17) is 5.21 Å². The summed E-state index contributed by atoms with van der Waals surface area (Å²) in [6.07, 6.45) is -4.38. The highest BCUT2D eigenvalue weighted by molar-refractivity contribution is 5.76. The summed E-state index contributed by atoms with van der Waals surface area (Å²) in [6, 6.07) is -1.77. The molecule has 3 N–H and O–H groups in total. The van der Waals surface area contributed by atoms with Crippen LogP contribution in [0.1, 0.15) is 6.92 Å². The number of carbonyl (C=O) groups is 1. The van der Waals surface area contributed by atoms with Crippen molar-refractivity contribution >= 4 is 5.91 Å². The second kappa shape index (κ2) is 4.27. The Kier molecular flexibility index (Phi) is 3.98. The molecule has 4 nitrogen and oxygen atoms in total. The Morgan fingerprint density at radius 1 is 1.58 bits per heavy atom. The van der Waals surface area contributed by atoms with Crippen molar-refractivity contribution in [1.29, 1.82) is 0 Å². The maximum absolute atomic E-state index is 11.7. The van der Waals surface area contributed by atoms with Crippen molar-refractivity contribution in [3.05, 3.63) is 0 Å². The summed E-state index contributed by atoms with van der Waals surface area (Å²) < 4.78 is 35.2. The second-order valence-corrected chi connectivity index (χ2v) is 2.18. The largest absolute Gasteiger partial charge is 0.403 e. The normalized spacial score (nSPS) is 14.1. The zero-order valence-electron chi connectivity index (χ0n) is 6.27. The molecule has 0 aliphatic rings. The van der Waals surface area contributed by atoms with E-state index in [2.05, 4.69) is 0 Å².